The number of thioether (sulfide) groups is 1. The average Bonchev–Trinajstić information content (AvgIpc) is 2.45. The van der Waals surface area contributed by atoms with Crippen molar-refractivity contribution in [2.24, 2.45) is 4.99 Å². The lowest BCUT2D eigenvalue weighted by molar-refractivity contribution is 0.637. The highest BCUT2D eigenvalue weighted by Gasteiger charge is 2.04. The molecule has 0 bridgehead atoms. The van der Waals surface area contributed by atoms with Crippen LogP contribution in [-0.4, -0.2) is 35.5 Å². The second-order valence-corrected chi connectivity index (χ2v) is 5.61. The summed E-state index contributed by atoms with van der Waals surface area (Å²) in [5, 5.41) is 6.88. The van der Waals surface area contributed by atoms with Gasteiger partial charge >= 0.3 is 0 Å². The summed E-state index contributed by atoms with van der Waals surface area (Å²) in [7, 11) is 3.91. The zero-order valence-electron chi connectivity index (χ0n) is 11.8. The Kier molecular flexibility index (Phi) is 4.98. The van der Waals surface area contributed by atoms with E-state index < -0.39 is 0 Å². The van der Waals surface area contributed by atoms with Gasteiger partial charge in [-0.15, -0.1) is 0 Å². The van der Waals surface area contributed by atoms with Gasteiger partial charge in [-0.2, -0.15) is 4.99 Å². The number of nitrogens with one attached hydrogen (secondary N) is 1. The number of hydrogen-bond acceptors (Lipinski definition) is 2. The molecule has 2 aromatic carbocycles. The summed E-state index contributed by atoms with van der Waals surface area (Å²) in [6.07, 6.45) is 1.99. The molecule has 0 atom stereocenters. The molecular weight excluding hydrogens is 286 g/mol. The first-order valence-corrected chi connectivity index (χ1v) is 7.84. The Morgan fingerprint density at radius 3 is 2.55 bits per heavy atom. The molecule has 0 aromatic heterocycles. The summed E-state index contributed by atoms with van der Waals surface area (Å²) in [6, 6.07) is 14.3. The molecule has 0 unspecified atom stereocenters. The quantitative estimate of drug-likeness (QED) is 0.492. The molecule has 0 radical (unpaired) electrons. The minimum absolute atomic E-state index is 0.472. The SMILES string of the molecule is CS/C(=N/C(=S)Nc1cccc2ccccc12)N(C)C. The molecule has 0 fully saturated rings. The largest absolute Gasteiger partial charge is 0.357 e. The van der Waals surface area contributed by atoms with Gasteiger partial charge in [-0.3, -0.25) is 0 Å². The Balaban J connectivity index is 2.26. The maximum absolute atomic E-state index is 5.32. The molecule has 2 rings (SSSR count). The molecule has 0 aliphatic heterocycles. The third kappa shape index (κ3) is 3.49. The number of benzene rings is 2. The van der Waals surface area contributed by atoms with Crippen LogP contribution >= 0.6 is 24.0 Å². The smallest absolute Gasteiger partial charge is 0.199 e. The molecule has 0 saturated carbocycles. The second-order valence-electron chi connectivity index (χ2n) is 4.45. The molecule has 0 aliphatic rings. The average molecular weight is 303 g/mol. The summed E-state index contributed by atoms with van der Waals surface area (Å²) in [4.78, 5) is 6.37. The highest BCUT2D eigenvalue weighted by Crippen LogP contribution is 2.23. The van der Waals surface area contributed by atoms with Crippen LogP contribution in [-0.2, 0) is 0 Å². The van der Waals surface area contributed by atoms with E-state index in [2.05, 4.69) is 28.5 Å². The zero-order valence-corrected chi connectivity index (χ0v) is 13.4. The van der Waals surface area contributed by atoms with Gasteiger partial charge in [0.1, 0.15) is 0 Å². The summed E-state index contributed by atoms with van der Waals surface area (Å²) >= 11 is 6.89. The number of thiocarbonyl (C=S) groups is 1. The first kappa shape index (κ1) is 14.8. The van der Waals surface area contributed by atoms with E-state index in [-0.39, 0.29) is 0 Å². The van der Waals surface area contributed by atoms with Crippen molar-refractivity contribution >= 4 is 50.7 Å². The van der Waals surface area contributed by atoms with Crippen molar-refractivity contribution < 1.29 is 0 Å². The van der Waals surface area contributed by atoms with Crippen LogP contribution in [0.15, 0.2) is 47.5 Å². The Morgan fingerprint density at radius 2 is 1.85 bits per heavy atom. The first-order valence-electron chi connectivity index (χ1n) is 6.20. The number of nitrogens with zero attached hydrogens (tertiary/aromatic N) is 2. The maximum Gasteiger partial charge on any atom is 0.199 e. The van der Waals surface area contributed by atoms with Gasteiger partial charge in [0.25, 0.3) is 0 Å². The van der Waals surface area contributed by atoms with Crippen LogP contribution in [0.2, 0.25) is 0 Å². The highest BCUT2D eigenvalue weighted by atomic mass is 32.2. The van der Waals surface area contributed by atoms with Crippen LogP contribution in [0.25, 0.3) is 10.8 Å². The van der Waals surface area contributed by atoms with Crippen LogP contribution in [0.4, 0.5) is 5.69 Å². The third-order valence-corrected chi connectivity index (χ3v) is 3.81. The van der Waals surface area contributed by atoms with Gasteiger partial charge in [0, 0.05) is 25.2 Å². The molecule has 0 spiro atoms. The topological polar surface area (TPSA) is 27.6 Å². The van der Waals surface area contributed by atoms with Gasteiger partial charge in [0.15, 0.2) is 10.3 Å². The van der Waals surface area contributed by atoms with Crippen LogP contribution in [0.1, 0.15) is 0 Å². The van der Waals surface area contributed by atoms with Crippen LogP contribution < -0.4 is 5.32 Å². The summed E-state index contributed by atoms with van der Waals surface area (Å²) in [5.74, 6) is 0. The van der Waals surface area contributed by atoms with Gasteiger partial charge in [-0.25, -0.2) is 0 Å². The predicted octanol–water partition coefficient (Wildman–Crippen LogP) is 3.82. The van der Waals surface area contributed by atoms with Crippen molar-refractivity contribution in [3.8, 4) is 0 Å². The lowest BCUT2D eigenvalue weighted by Gasteiger charge is -2.14. The van der Waals surface area contributed by atoms with E-state index in [1.165, 1.54) is 5.39 Å². The highest BCUT2D eigenvalue weighted by molar-refractivity contribution is 8.13. The van der Waals surface area contributed by atoms with Gasteiger partial charge in [0.05, 0.1) is 0 Å². The monoisotopic (exact) mass is 303 g/mol. The zero-order chi connectivity index (χ0) is 14.5. The number of amidine groups is 1. The Morgan fingerprint density at radius 1 is 1.15 bits per heavy atom. The maximum atomic E-state index is 5.32. The Hall–Kier alpha value is -1.59. The predicted molar refractivity (Wildman–Crippen MR) is 94.8 cm³/mol. The molecule has 0 aliphatic carbocycles. The van der Waals surface area contributed by atoms with Crippen LogP contribution in [0.5, 0.6) is 0 Å². The van der Waals surface area contributed by atoms with Crippen molar-refractivity contribution in [2.45, 2.75) is 0 Å². The number of fused-ring (bicyclic) bond motifs is 1. The van der Waals surface area contributed by atoms with Crippen molar-refractivity contribution in [2.75, 3.05) is 25.7 Å². The second kappa shape index (κ2) is 6.72. The fourth-order valence-corrected chi connectivity index (χ4v) is 2.69. The van der Waals surface area contributed by atoms with Crippen molar-refractivity contribution in [3.05, 3.63) is 42.5 Å². The number of aliphatic imine (C=N–C) groups is 1. The number of anilines is 1. The van der Waals surface area contributed by atoms with E-state index in [4.69, 9.17) is 12.2 Å². The van der Waals surface area contributed by atoms with Crippen LogP contribution in [0, 0.1) is 0 Å². The molecule has 1 N–H and O–H groups in total. The minimum Gasteiger partial charge on any atom is -0.357 e. The van der Waals surface area contributed by atoms with Gasteiger partial charge in [-0.05, 0) is 29.9 Å². The molecule has 20 heavy (non-hydrogen) atoms. The van der Waals surface area contributed by atoms with Gasteiger partial charge in [0.2, 0.25) is 0 Å². The van der Waals surface area contributed by atoms with Gasteiger partial charge < -0.3 is 10.2 Å². The fourth-order valence-electron chi connectivity index (χ4n) is 1.89. The van der Waals surface area contributed by atoms with Crippen LogP contribution in [0.3, 0.4) is 0 Å². The van der Waals surface area contributed by atoms with E-state index in [0.29, 0.717) is 5.11 Å². The summed E-state index contributed by atoms with van der Waals surface area (Å²) in [5.41, 5.74) is 0.982. The van der Waals surface area contributed by atoms with E-state index in [1.807, 2.05) is 49.5 Å². The standard InChI is InChI=1S/C15H17N3S2/c1-18(2)15(20-3)17-14(19)16-13-10-6-8-11-7-4-5-9-12(11)13/h4-10H,1-3H3,(H,16,19)/b17-15+. The van der Waals surface area contributed by atoms with Gasteiger partial charge in [-0.1, -0.05) is 48.2 Å². The fraction of sp³-hybridized carbons (Fsp3) is 0.200. The molecule has 104 valence electrons. The first-order chi connectivity index (χ1) is 9.61. The number of hydrogen-bond donors (Lipinski definition) is 1. The molecular formula is C15H17N3S2. The Bertz CT molecular complexity index is 645. The normalized spacial score (nSPS) is 11.4. The summed E-state index contributed by atoms with van der Waals surface area (Å²) < 4.78 is 0. The van der Waals surface area contributed by atoms with E-state index in [0.717, 1.165) is 16.2 Å². The van der Waals surface area contributed by atoms with Crippen molar-refractivity contribution in [1.82, 2.24) is 4.90 Å². The molecule has 5 heteroatoms. The molecule has 3 nitrogen and oxygen atoms in total. The lowest BCUT2D eigenvalue weighted by Crippen LogP contribution is -2.21. The van der Waals surface area contributed by atoms with Crippen molar-refractivity contribution in [3.63, 3.8) is 0 Å². The number of rotatable bonds is 1. The lowest BCUT2D eigenvalue weighted by atomic mass is 10.1. The van der Waals surface area contributed by atoms with E-state index in [1.54, 1.807) is 11.8 Å². The third-order valence-electron chi connectivity index (χ3n) is 2.79. The van der Waals surface area contributed by atoms with Crippen molar-refractivity contribution in [1.29, 1.82) is 0 Å². The minimum atomic E-state index is 0.472. The molecule has 2 aromatic rings. The van der Waals surface area contributed by atoms with E-state index >= 15 is 0 Å². The molecule has 0 amide bonds. The molecule has 0 heterocycles. The van der Waals surface area contributed by atoms with E-state index in [9.17, 15) is 0 Å². The molecule has 0 saturated heterocycles. The Labute approximate surface area is 129 Å². The summed E-state index contributed by atoms with van der Waals surface area (Å²) in [6.45, 7) is 0.